The maximum Gasteiger partial charge on any atom is 0.225 e. The third kappa shape index (κ3) is 4.03. The molecule has 0 spiro atoms. The molecule has 5 heteroatoms. The number of halogens is 1. The van der Waals surface area contributed by atoms with Crippen LogP contribution in [0.15, 0.2) is 59.0 Å². The first kappa shape index (κ1) is 19.0. The summed E-state index contributed by atoms with van der Waals surface area (Å²) in [6.45, 7) is 4.22. The topological polar surface area (TPSA) is 68.3 Å². The van der Waals surface area contributed by atoms with Crippen LogP contribution in [0.1, 0.15) is 29.9 Å². The number of carbonyl (C=O) groups is 1. The molecule has 0 saturated heterocycles. The van der Waals surface area contributed by atoms with Gasteiger partial charge in [0.1, 0.15) is 11.3 Å². The van der Waals surface area contributed by atoms with Crippen molar-refractivity contribution in [1.82, 2.24) is 5.32 Å². The molecule has 25 heavy (non-hydrogen) atoms. The molecule has 1 aromatic heterocycles. The van der Waals surface area contributed by atoms with Gasteiger partial charge < -0.3 is 15.5 Å². The Morgan fingerprint density at radius 2 is 1.76 bits per heavy atom. The molecule has 2 aromatic carbocycles. The van der Waals surface area contributed by atoms with Gasteiger partial charge in [0.05, 0.1) is 12.5 Å². The minimum absolute atomic E-state index is 0. The lowest BCUT2D eigenvalue weighted by Gasteiger charge is -2.19. The Labute approximate surface area is 153 Å². The van der Waals surface area contributed by atoms with Gasteiger partial charge in [-0.3, -0.25) is 4.79 Å². The number of rotatable bonds is 5. The maximum atomic E-state index is 12.4. The van der Waals surface area contributed by atoms with Crippen molar-refractivity contribution in [1.29, 1.82) is 0 Å². The minimum Gasteiger partial charge on any atom is -0.459 e. The third-order valence-corrected chi connectivity index (χ3v) is 4.50. The van der Waals surface area contributed by atoms with Crippen molar-refractivity contribution < 1.29 is 9.21 Å². The molecule has 0 aliphatic heterocycles. The molecule has 3 N–H and O–H groups in total. The summed E-state index contributed by atoms with van der Waals surface area (Å²) in [5, 5.41) is 4.02. The fraction of sp³-hybridized carbons (Fsp3) is 0.250. The Bertz CT molecular complexity index is 845. The van der Waals surface area contributed by atoms with E-state index in [0.717, 1.165) is 27.9 Å². The van der Waals surface area contributed by atoms with E-state index in [9.17, 15) is 4.79 Å². The highest BCUT2D eigenvalue weighted by molar-refractivity contribution is 5.85. The predicted octanol–water partition coefficient (Wildman–Crippen LogP) is 4.12. The largest absolute Gasteiger partial charge is 0.459 e. The number of benzene rings is 2. The van der Waals surface area contributed by atoms with Crippen LogP contribution in [0.2, 0.25) is 0 Å². The molecule has 132 valence electrons. The van der Waals surface area contributed by atoms with Gasteiger partial charge in [0.2, 0.25) is 5.91 Å². The first-order valence-electron chi connectivity index (χ1n) is 8.13. The Morgan fingerprint density at radius 3 is 2.44 bits per heavy atom. The Hall–Kier alpha value is -2.30. The summed E-state index contributed by atoms with van der Waals surface area (Å²) >= 11 is 0. The van der Waals surface area contributed by atoms with Gasteiger partial charge in [-0.25, -0.2) is 0 Å². The van der Waals surface area contributed by atoms with Crippen molar-refractivity contribution in [3.05, 3.63) is 71.5 Å². The van der Waals surface area contributed by atoms with E-state index >= 15 is 0 Å². The van der Waals surface area contributed by atoms with Crippen molar-refractivity contribution in [2.24, 2.45) is 11.7 Å². The van der Waals surface area contributed by atoms with E-state index in [4.69, 9.17) is 10.2 Å². The molecular weight excluding hydrogens is 336 g/mol. The van der Waals surface area contributed by atoms with Crippen LogP contribution in [-0.2, 0) is 11.3 Å². The van der Waals surface area contributed by atoms with Gasteiger partial charge in [0, 0.05) is 17.0 Å². The van der Waals surface area contributed by atoms with Gasteiger partial charge in [0.25, 0.3) is 0 Å². The minimum atomic E-state index is -0.331. The van der Waals surface area contributed by atoms with Gasteiger partial charge in [-0.1, -0.05) is 55.5 Å². The average Bonchev–Trinajstić information content (AvgIpc) is 2.95. The summed E-state index contributed by atoms with van der Waals surface area (Å²) in [7, 11) is 0. The molecule has 0 bridgehead atoms. The molecule has 2 unspecified atom stereocenters. The van der Waals surface area contributed by atoms with Gasteiger partial charge in [-0.05, 0) is 18.6 Å². The van der Waals surface area contributed by atoms with Crippen LogP contribution in [-0.4, -0.2) is 5.91 Å². The molecule has 3 rings (SSSR count). The fourth-order valence-electron chi connectivity index (χ4n) is 2.85. The van der Waals surface area contributed by atoms with E-state index in [-0.39, 0.29) is 30.3 Å². The number of amides is 1. The lowest BCUT2D eigenvalue weighted by molar-refractivity contribution is -0.125. The average molecular weight is 359 g/mol. The summed E-state index contributed by atoms with van der Waals surface area (Å²) in [6.07, 6.45) is 0. The van der Waals surface area contributed by atoms with Gasteiger partial charge in [-0.15, -0.1) is 12.4 Å². The van der Waals surface area contributed by atoms with Gasteiger partial charge in [0.15, 0.2) is 0 Å². The molecule has 0 aliphatic carbocycles. The van der Waals surface area contributed by atoms with E-state index < -0.39 is 0 Å². The van der Waals surface area contributed by atoms with Crippen molar-refractivity contribution in [3.8, 4) is 0 Å². The number of hydrogen-bond donors (Lipinski definition) is 2. The van der Waals surface area contributed by atoms with Crippen molar-refractivity contribution >= 4 is 29.3 Å². The predicted molar refractivity (Wildman–Crippen MR) is 103 cm³/mol. The number of carbonyl (C=O) groups excluding carboxylic acids is 1. The maximum absolute atomic E-state index is 12.4. The molecule has 0 fully saturated rings. The highest BCUT2D eigenvalue weighted by Crippen LogP contribution is 2.25. The summed E-state index contributed by atoms with van der Waals surface area (Å²) in [4.78, 5) is 12.4. The van der Waals surface area contributed by atoms with Crippen LogP contribution >= 0.6 is 12.4 Å². The number of hydrogen-bond acceptors (Lipinski definition) is 3. The van der Waals surface area contributed by atoms with Crippen molar-refractivity contribution in [2.75, 3.05) is 0 Å². The highest BCUT2D eigenvalue weighted by Gasteiger charge is 2.22. The smallest absolute Gasteiger partial charge is 0.225 e. The van der Waals surface area contributed by atoms with Crippen LogP contribution in [0.4, 0.5) is 0 Å². The summed E-state index contributed by atoms with van der Waals surface area (Å²) < 4.78 is 5.83. The molecule has 1 amide bonds. The first-order chi connectivity index (χ1) is 11.6. The quantitative estimate of drug-likeness (QED) is 0.721. The molecule has 0 aliphatic rings. The SMILES string of the molecule is Cc1c(CNC(=O)C(C)C(N)c2ccccc2)oc2ccccc12.Cl. The second-order valence-corrected chi connectivity index (χ2v) is 6.09. The van der Waals surface area contributed by atoms with E-state index in [1.807, 2.05) is 68.4 Å². The molecule has 0 radical (unpaired) electrons. The van der Waals surface area contributed by atoms with Crippen LogP contribution < -0.4 is 11.1 Å². The van der Waals surface area contributed by atoms with Crippen LogP contribution in [0.25, 0.3) is 11.0 Å². The lowest BCUT2D eigenvalue weighted by atomic mass is 9.94. The van der Waals surface area contributed by atoms with Gasteiger partial charge in [-0.2, -0.15) is 0 Å². The second kappa shape index (κ2) is 8.19. The number of para-hydroxylation sites is 1. The van der Waals surface area contributed by atoms with Crippen LogP contribution in [0.3, 0.4) is 0 Å². The summed E-state index contributed by atoms with van der Waals surface area (Å²) in [5.41, 5.74) is 9.08. The fourth-order valence-corrected chi connectivity index (χ4v) is 2.85. The molecule has 2 atom stereocenters. The van der Waals surface area contributed by atoms with Crippen LogP contribution in [0.5, 0.6) is 0 Å². The number of fused-ring (bicyclic) bond motifs is 1. The molecule has 0 saturated carbocycles. The number of furan rings is 1. The monoisotopic (exact) mass is 358 g/mol. The standard InChI is InChI=1S/C20H22N2O2.ClH/c1-13-16-10-6-7-11-17(16)24-18(13)12-22-20(23)14(2)19(21)15-8-4-3-5-9-15;/h3-11,14,19H,12,21H2,1-2H3,(H,22,23);1H. The Balaban J connectivity index is 0.00000225. The van der Waals surface area contributed by atoms with E-state index in [2.05, 4.69) is 5.32 Å². The zero-order valence-corrected chi connectivity index (χ0v) is 15.2. The highest BCUT2D eigenvalue weighted by atomic mass is 35.5. The molecule has 4 nitrogen and oxygen atoms in total. The summed E-state index contributed by atoms with van der Waals surface area (Å²) in [5.74, 6) is 0.383. The zero-order valence-electron chi connectivity index (χ0n) is 14.4. The Morgan fingerprint density at radius 1 is 1.12 bits per heavy atom. The number of nitrogens with two attached hydrogens (primary N) is 1. The summed E-state index contributed by atoms with van der Waals surface area (Å²) in [6, 6.07) is 17.2. The molecule has 1 heterocycles. The van der Waals surface area contributed by atoms with Crippen LogP contribution in [0, 0.1) is 12.8 Å². The van der Waals surface area contributed by atoms with E-state index in [1.54, 1.807) is 0 Å². The lowest BCUT2D eigenvalue weighted by Crippen LogP contribution is -2.35. The van der Waals surface area contributed by atoms with E-state index in [1.165, 1.54) is 0 Å². The number of aryl methyl sites for hydroxylation is 1. The normalized spacial score (nSPS) is 13.1. The second-order valence-electron chi connectivity index (χ2n) is 6.09. The van der Waals surface area contributed by atoms with Crippen molar-refractivity contribution in [3.63, 3.8) is 0 Å². The third-order valence-electron chi connectivity index (χ3n) is 4.50. The zero-order chi connectivity index (χ0) is 17.1. The molecule has 3 aromatic rings. The molecular formula is C20H23ClN2O2. The van der Waals surface area contributed by atoms with E-state index in [0.29, 0.717) is 6.54 Å². The van der Waals surface area contributed by atoms with Crippen molar-refractivity contribution in [2.45, 2.75) is 26.4 Å². The Kier molecular flexibility index (Phi) is 6.23. The number of nitrogens with one attached hydrogen (secondary N) is 1. The van der Waals surface area contributed by atoms with Gasteiger partial charge >= 0.3 is 0 Å². The first-order valence-corrected chi connectivity index (χ1v) is 8.13.